The summed E-state index contributed by atoms with van der Waals surface area (Å²) in [5.74, 6) is -0.159. The number of benzene rings is 1. The molecule has 0 atom stereocenters. The second kappa shape index (κ2) is 5.59. The first-order valence-electron chi connectivity index (χ1n) is 4.34. The molecule has 0 spiro atoms. The van der Waals surface area contributed by atoms with Gasteiger partial charge in [0.1, 0.15) is 0 Å². The first kappa shape index (κ1) is 13.8. The van der Waals surface area contributed by atoms with E-state index < -0.39 is 5.43 Å². The summed E-state index contributed by atoms with van der Waals surface area (Å²) in [5, 5.41) is 0.438. The Bertz CT molecular complexity index is 638. The third-order valence-corrected chi connectivity index (χ3v) is 3.44. The molecule has 1 aromatic heterocycles. The molecule has 0 aliphatic carbocycles. The lowest BCUT2D eigenvalue weighted by atomic mass is 10.3. The van der Waals surface area contributed by atoms with E-state index in [1.54, 1.807) is 0 Å². The van der Waals surface area contributed by atoms with Crippen LogP contribution < -0.4 is 10.2 Å². The molecule has 0 aliphatic rings. The molecule has 0 saturated heterocycles. The summed E-state index contributed by atoms with van der Waals surface area (Å²) in [4.78, 5) is 11.6. The summed E-state index contributed by atoms with van der Waals surface area (Å²) in [7, 11) is 0. The van der Waals surface area contributed by atoms with Crippen molar-refractivity contribution < 1.29 is 4.74 Å². The second-order valence-corrected chi connectivity index (χ2v) is 5.13. The Morgan fingerprint density at radius 3 is 2.28 bits per heavy atom. The molecule has 18 heavy (non-hydrogen) atoms. The van der Waals surface area contributed by atoms with E-state index in [9.17, 15) is 4.79 Å². The number of hydrogen-bond acceptors (Lipinski definition) is 5. The molecule has 1 aromatic carbocycles. The predicted molar refractivity (Wildman–Crippen MR) is 72.7 cm³/mol. The molecule has 1 heterocycles. The molecule has 0 N–H and O–H groups in total. The smallest absolute Gasteiger partial charge is 0.283 e. The average molecular weight is 344 g/mol. The highest BCUT2D eigenvalue weighted by Gasteiger charge is 2.15. The first-order chi connectivity index (χ1) is 8.49. The van der Waals surface area contributed by atoms with Gasteiger partial charge in [-0.05, 0) is 12.1 Å². The van der Waals surface area contributed by atoms with Gasteiger partial charge in [-0.3, -0.25) is 4.79 Å². The zero-order chi connectivity index (χ0) is 13.3. The number of ether oxygens (including phenoxy) is 1. The minimum absolute atomic E-state index is 0.0850. The van der Waals surface area contributed by atoms with E-state index >= 15 is 0 Å². The fraction of sp³-hybridized carbons (Fsp3) is 0. The summed E-state index contributed by atoms with van der Waals surface area (Å²) in [5.41, 5.74) is -0.641. The number of nitrogens with zero attached hydrogens (tertiary/aromatic N) is 2. The van der Waals surface area contributed by atoms with Crippen LogP contribution in [-0.2, 0) is 0 Å². The fourth-order valence-electron chi connectivity index (χ4n) is 1.05. The van der Waals surface area contributed by atoms with Crippen molar-refractivity contribution in [3.63, 3.8) is 0 Å². The van der Waals surface area contributed by atoms with Crippen molar-refractivity contribution in [2.24, 2.45) is 0 Å². The normalized spacial score (nSPS) is 10.4. The molecular formula is C9H2Cl4N2O2S. The van der Waals surface area contributed by atoms with Crippen LogP contribution >= 0.6 is 58.1 Å². The maximum atomic E-state index is 11.6. The number of aromatic nitrogens is 2. The summed E-state index contributed by atoms with van der Waals surface area (Å²) in [6.07, 6.45) is 0. The largest absolute Gasteiger partial charge is 0.432 e. The average Bonchev–Trinajstić information content (AvgIpc) is 2.28. The third-order valence-electron chi connectivity index (χ3n) is 1.79. The first-order valence-corrected chi connectivity index (χ1v) is 6.58. The van der Waals surface area contributed by atoms with Crippen molar-refractivity contribution >= 4 is 58.1 Å². The van der Waals surface area contributed by atoms with Crippen LogP contribution in [0.3, 0.4) is 0 Å². The molecule has 0 unspecified atom stereocenters. The highest BCUT2D eigenvalue weighted by molar-refractivity contribution is 6.99. The highest BCUT2D eigenvalue weighted by Crippen LogP contribution is 2.37. The van der Waals surface area contributed by atoms with Crippen LogP contribution in [0.1, 0.15) is 0 Å². The van der Waals surface area contributed by atoms with Gasteiger partial charge in [0.2, 0.25) is 0 Å². The molecule has 0 saturated carbocycles. The minimum Gasteiger partial charge on any atom is -0.432 e. The number of rotatable bonds is 2. The standard InChI is InChI=1S/C9H2Cl4N2O2S/c10-3-1-4(11)7(5(12)2-3)17-9-6(16)8(13)14-18-15-9/h1-2H. The molecule has 0 bridgehead atoms. The zero-order valence-corrected chi connectivity index (χ0v) is 12.1. The van der Waals surface area contributed by atoms with Crippen LogP contribution in [-0.4, -0.2) is 8.75 Å². The lowest BCUT2D eigenvalue weighted by molar-refractivity contribution is 0.462. The van der Waals surface area contributed by atoms with Gasteiger partial charge in [-0.25, -0.2) is 0 Å². The van der Waals surface area contributed by atoms with Crippen LogP contribution in [0, 0.1) is 0 Å². The highest BCUT2D eigenvalue weighted by atomic mass is 35.5. The SMILES string of the molecule is O=c1c(Cl)nsnc1Oc1c(Cl)cc(Cl)cc1Cl. The van der Waals surface area contributed by atoms with E-state index in [-0.39, 0.29) is 26.8 Å². The molecule has 0 fully saturated rings. The quantitative estimate of drug-likeness (QED) is 0.815. The Balaban J connectivity index is 2.47. The van der Waals surface area contributed by atoms with Gasteiger partial charge in [0.05, 0.1) is 21.8 Å². The van der Waals surface area contributed by atoms with Crippen molar-refractivity contribution in [2.45, 2.75) is 0 Å². The molecule has 94 valence electrons. The van der Waals surface area contributed by atoms with Gasteiger partial charge in [0, 0.05) is 5.02 Å². The topological polar surface area (TPSA) is 52.1 Å². The monoisotopic (exact) mass is 342 g/mol. The summed E-state index contributed by atoms with van der Waals surface area (Å²) in [6.45, 7) is 0. The fourth-order valence-corrected chi connectivity index (χ4v) is 2.51. The minimum atomic E-state index is -0.641. The molecule has 0 radical (unpaired) electrons. The van der Waals surface area contributed by atoms with Crippen LogP contribution in [0.25, 0.3) is 0 Å². The molecule has 0 amide bonds. The molecule has 4 nitrogen and oxygen atoms in total. The van der Waals surface area contributed by atoms with E-state index in [2.05, 4.69) is 8.75 Å². The van der Waals surface area contributed by atoms with E-state index in [0.29, 0.717) is 5.02 Å². The Kier molecular flexibility index (Phi) is 4.29. The molecular weight excluding hydrogens is 342 g/mol. The van der Waals surface area contributed by atoms with Crippen molar-refractivity contribution in [3.8, 4) is 11.6 Å². The van der Waals surface area contributed by atoms with Gasteiger partial charge in [0.25, 0.3) is 11.3 Å². The maximum Gasteiger partial charge on any atom is 0.283 e. The van der Waals surface area contributed by atoms with Crippen LogP contribution in [0.2, 0.25) is 20.2 Å². The van der Waals surface area contributed by atoms with Gasteiger partial charge < -0.3 is 4.74 Å². The summed E-state index contributed by atoms with van der Waals surface area (Å²) in [6, 6.07) is 2.86. The van der Waals surface area contributed by atoms with Gasteiger partial charge in [-0.15, -0.1) is 4.37 Å². The molecule has 2 rings (SSSR count). The third kappa shape index (κ3) is 2.87. The Labute approximate surface area is 125 Å². The lowest BCUT2D eigenvalue weighted by Gasteiger charge is -2.07. The van der Waals surface area contributed by atoms with Gasteiger partial charge in [-0.2, -0.15) is 4.37 Å². The van der Waals surface area contributed by atoms with Crippen LogP contribution in [0.5, 0.6) is 11.6 Å². The predicted octanol–water partition coefficient (Wildman–Crippen LogP) is 4.30. The Morgan fingerprint density at radius 1 is 1.06 bits per heavy atom. The number of hydrogen-bond donors (Lipinski definition) is 0. The van der Waals surface area contributed by atoms with Crippen molar-refractivity contribution in [1.82, 2.24) is 8.75 Å². The zero-order valence-electron chi connectivity index (χ0n) is 8.29. The van der Waals surface area contributed by atoms with Crippen molar-refractivity contribution in [1.29, 1.82) is 0 Å². The molecule has 9 heteroatoms. The molecule has 0 aliphatic heterocycles. The lowest BCUT2D eigenvalue weighted by Crippen LogP contribution is -2.07. The summed E-state index contributed by atoms with van der Waals surface area (Å²) < 4.78 is 12.5. The summed E-state index contributed by atoms with van der Waals surface area (Å²) >= 11 is 23.9. The van der Waals surface area contributed by atoms with E-state index in [1.807, 2.05) is 0 Å². The van der Waals surface area contributed by atoms with Crippen LogP contribution in [0.15, 0.2) is 16.9 Å². The van der Waals surface area contributed by atoms with E-state index in [0.717, 1.165) is 11.7 Å². The second-order valence-electron chi connectivity index (χ2n) is 2.99. The van der Waals surface area contributed by atoms with Gasteiger partial charge in [-0.1, -0.05) is 46.4 Å². The van der Waals surface area contributed by atoms with Crippen molar-refractivity contribution in [3.05, 3.63) is 42.6 Å². The van der Waals surface area contributed by atoms with Crippen LogP contribution in [0.4, 0.5) is 0 Å². The van der Waals surface area contributed by atoms with E-state index in [4.69, 9.17) is 51.1 Å². The molecule has 2 aromatic rings. The Hall–Kier alpha value is -0.590. The van der Waals surface area contributed by atoms with Gasteiger partial charge in [0.15, 0.2) is 10.9 Å². The number of halogens is 4. The van der Waals surface area contributed by atoms with Gasteiger partial charge >= 0.3 is 0 Å². The maximum absolute atomic E-state index is 11.6. The van der Waals surface area contributed by atoms with E-state index in [1.165, 1.54) is 12.1 Å². The Morgan fingerprint density at radius 2 is 1.67 bits per heavy atom. The van der Waals surface area contributed by atoms with Crippen molar-refractivity contribution in [2.75, 3.05) is 0 Å².